The number of esters is 2. The van der Waals surface area contributed by atoms with Crippen molar-refractivity contribution in [1.82, 2.24) is 0 Å². The van der Waals surface area contributed by atoms with Gasteiger partial charge in [-0.3, -0.25) is 14.4 Å². The van der Waals surface area contributed by atoms with Crippen LogP contribution in [0.5, 0.6) is 0 Å². The molecule has 3 saturated carbocycles. The van der Waals surface area contributed by atoms with Gasteiger partial charge in [-0.15, -0.1) is 0 Å². The van der Waals surface area contributed by atoms with Crippen LogP contribution in [0.4, 0.5) is 0 Å². The van der Waals surface area contributed by atoms with Gasteiger partial charge in [0, 0.05) is 38.0 Å². The van der Waals surface area contributed by atoms with E-state index >= 15 is 0 Å². The molecule has 0 N–H and O–H groups in total. The zero-order chi connectivity index (χ0) is 20.3. The van der Waals surface area contributed by atoms with E-state index in [1.807, 2.05) is 0 Å². The highest BCUT2D eigenvalue weighted by Gasteiger charge is 2.61. The van der Waals surface area contributed by atoms with Crippen LogP contribution in [0.1, 0.15) is 72.6 Å². The standard InChI is InChI=1S/C23H32O5/c1-13(24)27-16-7-9-22(3)15(11-16)12-19(28-14(2)25)21-17-5-6-20(26)23(17,4)10-8-18(21)22/h12,16-19,21H,5-11H2,1-4H3/t16?,17-,18+,19?,21-,22-,23-/m0/s1. The summed E-state index contributed by atoms with van der Waals surface area (Å²) in [5.74, 6) is 0.762. The van der Waals surface area contributed by atoms with Crippen LogP contribution < -0.4 is 0 Å². The molecular weight excluding hydrogens is 356 g/mol. The molecule has 0 bridgehead atoms. The number of Topliss-reactive ketones (excluding diaryl/α,β-unsaturated/α-hetero) is 1. The quantitative estimate of drug-likeness (QED) is 0.528. The number of hydrogen-bond acceptors (Lipinski definition) is 5. The summed E-state index contributed by atoms with van der Waals surface area (Å²) in [6.07, 6.45) is 7.82. The molecule has 0 heterocycles. The van der Waals surface area contributed by atoms with Crippen molar-refractivity contribution in [2.75, 3.05) is 0 Å². The molecule has 28 heavy (non-hydrogen) atoms. The van der Waals surface area contributed by atoms with Crippen molar-refractivity contribution in [3.05, 3.63) is 11.6 Å². The highest BCUT2D eigenvalue weighted by molar-refractivity contribution is 5.87. The number of ketones is 1. The van der Waals surface area contributed by atoms with Crippen LogP contribution in [0.15, 0.2) is 11.6 Å². The van der Waals surface area contributed by atoms with Crippen molar-refractivity contribution < 1.29 is 23.9 Å². The molecule has 0 amide bonds. The first-order chi connectivity index (χ1) is 13.1. The lowest BCUT2D eigenvalue weighted by Gasteiger charge is -2.58. The smallest absolute Gasteiger partial charge is 0.303 e. The van der Waals surface area contributed by atoms with Crippen molar-refractivity contribution in [3.63, 3.8) is 0 Å². The van der Waals surface area contributed by atoms with Crippen LogP contribution in [0, 0.1) is 28.6 Å². The summed E-state index contributed by atoms with van der Waals surface area (Å²) in [5, 5.41) is 0. The number of rotatable bonds is 2. The zero-order valence-electron chi connectivity index (χ0n) is 17.5. The number of ether oxygens (including phenoxy) is 2. The molecular formula is C23H32O5. The lowest BCUT2D eigenvalue weighted by Crippen LogP contribution is -2.55. The Morgan fingerprint density at radius 1 is 0.964 bits per heavy atom. The maximum absolute atomic E-state index is 12.7. The third-order valence-corrected chi connectivity index (χ3v) is 8.41. The molecule has 4 rings (SSSR count). The average Bonchev–Trinajstić information content (AvgIpc) is 2.90. The monoisotopic (exact) mass is 388 g/mol. The van der Waals surface area contributed by atoms with E-state index in [9.17, 15) is 14.4 Å². The van der Waals surface area contributed by atoms with E-state index in [1.54, 1.807) is 0 Å². The number of carbonyl (C=O) groups is 3. The van der Waals surface area contributed by atoms with Gasteiger partial charge in [-0.2, -0.15) is 0 Å². The fourth-order valence-corrected chi connectivity index (χ4v) is 7.00. The average molecular weight is 389 g/mol. The van der Waals surface area contributed by atoms with Crippen molar-refractivity contribution in [1.29, 1.82) is 0 Å². The molecule has 0 aromatic carbocycles. The lowest BCUT2D eigenvalue weighted by molar-refractivity contribution is -0.159. The van der Waals surface area contributed by atoms with Crippen molar-refractivity contribution >= 4 is 17.7 Å². The summed E-state index contributed by atoms with van der Waals surface area (Å²) >= 11 is 0. The summed E-state index contributed by atoms with van der Waals surface area (Å²) in [5.41, 5.74) is 1.03. The Morgan fingerprint density at radius 2 is 1.61 bits per heavy atom. The number of carbonyl (C=O) groups excluding carboxylic acids is 3. The normalized spacial score (nSPS) is 44.6. The first-order valence-corrected chi connectivity index (χ1v) is 10.7. The zero-order valence-corrected chi connectivity index (χ0v) is 17.5. The van der Waals surface area contributed by atoms with Gasteiger partial charge in [0.15, 0.2) is 0 Å². The van der Waals surface area contributed by atoms with Crippen LogP contribution in [-0.2, 0) is 23.9 Å². The van der Waals surface area contributed by atoms with Crippen molar-refractivity contribution in [3.8, 4) is 0 Å². The van der Waals surface area contributed by atoms with E-state index in [4.69, 9.17) is 9.47 Å². The highest BCUT2D eigenvalue weighted by atomic mass is 16.5. The molecule has 7 atom stereocenters. The van der Waals surface area contributed by atoms with E-state index < -0.39 is 0 Å². The predicted molar refractivity (Wildman–Crippen MR) is 103 cm³/mol. The summed E-state index contributed by atoms with van der Waals surface area (Å²) < 4.78 is 11.3. The molecule has 0 aromatic heterocycles. The highest BCUT2D eigenvalue weighted by Crippen LogP contribution is 2.64. The molecule has 4 aliphatic carbocycles. The molecule has 0 spiro atoms. The van der Waals surface area contributed by atoms with Gasteiger partial charge in [0.2, 0.25) is 0 Å². The van der Waals surface area contributed by atoms with Crippen LogP contribution >= 0.6 is 0 Å². The molecule has 0 radical (unpaired) electrons. The van der Waals surface area contributed by atoms with Gasteiger partial charge in [0.05, 0.1) is 0 Å². The topological polar surface area (TPSA) is 69.7 Å². The summed E-state index contributed by atoms with van der Waals surface area (Å²) in [6.45, 7) is 7.39. The number of hydrogen-bond donors (Lipinski definition) is 0. The summed E-state index contributed by atoms with van der Waals surface area (Å²) in [6, 6.07) is 0. The Hall–Kier alpha value is -1.65. The van der Waals surface area contributed by atoms with Gasteiger partial charge in [-0.1, -0.05) is 19.4 Å². The Kier molecular flexibility index (Phi) is 4.71. The van der Waals surface area contributed by atoms with Crippen LogP contribution in [0.3, 0.4) is 0 Å². The maximum Gasteiger partial charge on any atom is 0.303 e. The van der Waals surface area contributed by atoms with E-state index in [1.165, 1.54) is 19.4 Å². The molecule has 0 aromatic rings. The fourth-order valence-electron chi connectivity index (χ4n) is 7.00. The molecule has 2 unspecified atom stereocenters. The SMILES string of the molecule is CC(=O)OC1CC[C@@]2(C)C(=CC(OC(C)=O)[C@@H]3[C@H]2CC[C@]2(C)C(=O)CC[C@@H]32)C1. The Bertz CT molecular complexity index is 739. The van der Waals surface area contributed by atoms with Crippen LogP contribution in [-0.4, -0.2) is 29.9 Å². The van der Waals surface area contributed by atoms with Gasteiger partial charge in [-0.05, 0) is 55.4 Å². The van der Waals surface area contributed by atoms with E-state index in [-0.39, 0.29) is 46.8 Å². The maximum atomic E-state index is 12.7. The van der Waals surface area contributed by atoms with Crippen LogP contribution in [0.25, 0.3) is 0 Å². The minimum Gasteiger partial charge on any atom is -0.462 e. The Morgan fingerprint density at radius 3 is 2.29 bits per heavy atom. The van der Waals surface area contributed by atoms with E-state index in [0.717, 1.165) is 38.5 Å². The summed E-state index contributed by atoms with van der Waals surface area (Å²) in [7, 11) is 0. The molecule has 154 valence electrons. The second kappa shape index (κ2) is 6.70. The van der Waals surface area contributed by atoms with Crippen molar-refractivity contribution in [2.45, 2.75) is 84.8 Å². The van der Waals surface area contributed by atoms with Gasteiger partial charge in [0.25, 0.3) is 0 Å². The third-order valence-electron chi connectivity index (χ3n) is 8.41. The van der Waals surface area contributed by atoms with Gasteiger partial charge in [0.1, 0.15) is 18.0 Å². The molecule has 5 nitrogen and oxygen atoms in total. The van der Waals surface area contributed by atoms with Gasteiger partial charge >= 0.3 is 11.9 Å². The fraction of sp³-hybridized carbons (Fsp3) is 0.783. The van der Waals surface area contributed by atoms with E-state index in [2.05, 4.69) is 19.9 Å². The second-order valence-corrected chi connectivity index (χ2v) is 9.87. The van der Waals surface area contributed by atoms with E-state index in [0.29, 0.717) is 18.1 Å². The third kappa shape index (κ3) is 2.93. The molecule has 5 heteroatoms. The van der Waals surface area contributed by atoms with Gasteiger partial charge < -0.3 is 9.47 Å². The van der Waals surface area contributed by atoms with Gasteiger partial charge in [-0.25, -0.2) is 0 Å². The Labute approximate surface area is 167 Å². The predicted octanol–water partition coefficient (Wildman–Crippen LogP) is 3.99. The summed E-state index contributed by atoms with van der Waals surface area (Å²) in [4.78, 5) is 36.0. The molecule has 3 fully saturated rings. The largest absolute Gasteiger partial charge is 0.462 e. The molecule has 0 saturated heterocycles. The lowest BCUT2D eigenvalue weighted by atomic mass is 9.47. The van der Waals surface area contributed by atoms with Crippen molar-refractivity contribution in [2.24, 2.45) is 28.6 Å². The Balaban J connectivity index is 1.71. The first kappa shape index (κ1) is 19.7. The number of fused-ring (bicyclic) bond motifs is 5. The molecule has 4 aliphatic rings. The van der Waals surface area contributed by atoms with Crippen LogP contribution in [0.2, 0.25) is 0 Å². The minimum absolute atomic E-state index is 0.0327. The minimum atomic E-state index is -0.280. The second-order valence-electron chi connectivity index (χ2n) is 9.87. The molecule has 0 aliphatic heterocycles. The first-order valence-electron chi connectivity index (χ1n) is 10.7.